The van der Waals surface area contributed by atoms with Gasteiger partial charge in [-0.3, -0.25) is 9.69 Å². The lowest BCUT2D eigenvalue weighted by Gasteiger charge is -2.36. The molecular formula is C30H33Cl2N3O4S. The first kappa shape index (κ1) is 29.0. The molecule has 40 heavy (non-hydrogen) atoms. The van der Waals surface area contributed by atoms with Crippen molar-refractivity contribution in [3.8, 4) is 0 Å². The third kappa shape index (κ3) is 6.54. The number of halogens is 2. The van der Waals surface area contributed by atoms with Crippen molar-refractivity contribution in [2.75, 3.05) is 33.4 Å². The number of sulfonamides is 1. The van der Waals surface area contributed by atoms with Gasteiger partial charge in [-0.1, -0.05) is 77.8 Å². The van der Waals surface area contributed by atoms with Crippen molar-refractivity contribution >= 4 is 39.1 Å². The van der Waals surface area contributed by atoms with Crippen molar-refractivity contribution in [1.82, 2.24) is 14.1 Å². The zero-order chi connectivity index (χ0) is 28.3. The topological polar surface area (TPSA) is 70.2 Å². The number of likely N-dealkylation sites (N-methyl/N-ethyl adjacent to an activating group) is 1. The smallest absolute Gasteiger partial charge is 0.248 e. The number of nitrogens with zero attached hydrogens (tertiary/aromatic N) is 3. The second-order valence-corrected chi connectivity index (χ2v) is 13.1. The molecule has 2 aliphatic rings. The van der Waals surface area contributed by atoms with Crippen LogP contribution in [0.4, 0.5) is 0 Å². The number of rotatable bonds is 9. The maximum absolute atomic E-state index is 13.7. The van der Waals surface area contributed by atoms with E-state index in [4.69, 9.17) is 27.9 Å². The largest absolute Gasteiger partial charge is 0.370 e. The minimum atomic E-state index is -3.95. The molecule has 0 aromatic heterocycles. The molecule has 2 atom stereocenters. The van der Waals surface area contributed by atoms with Crippen molar-refractivity contribution in [2.45, 2.75) is 42.9 Å². The predicted octanol–water partition coefficient (Wildman–Crippen LogP) is 4.86. The summed E-state index contributed by atoms with van der Waals surface area (Å²) in [6, 6.07) is 22.1. The molecule has 2 heterocycles. The van der Waals surface area contributed by atoms with Crippen LogP contribution >= 0.6 is 23.2 Å². The molecule has 1 fully saturated rings. The fraction of sp³-hybridized carbons (Fsp3) is 0.367. The SMILES string of the molecule is CN(C(=O)COCC1Cc2ccccc2CN1S(=O)(=O)c1ccc(Cl)cc1Cl)C1CCN(Cc2ccccc2)C1. The van der Waals surface area contributed by atoms with Crippen molar-refractivity contribution in [1.29, 1.82) is 0 Å². The Balaban J connectivity index is 1.22. The average Bonchev–Trinajstić information content (AvgIpc) is 3.40. The molecule has 0 saturated carbocycles. The number of carbonyl (C=O) groups is 1. The van der Waals surface area contributed by atoms with E-state index >= 15 is 0 Å². The summed E-state index contributed by atoms with van der Waals surface area (Å²) in [5, 5.41) is 0.432. The van der Waals surface area contributed by atoms with Crippen LogP contribution in [0.15, 0.2) is 77.7 Å². The van der Waals surface area contributed by atoms with Crippen LogP contribution in [0.25, 0.3) is 0 Å². The Morgan fingerprint density at radius 1 is 1.02 bits per heavy atom. The van der Waals surface area contributed by atoms with E-state index in [0.29, 0.717) is 11.4 Å². The standard InChI is InChI=1S/C30H33Cl2N3O4S/c1-33(26-13-14-34(19-26)17-22-7-3-2-4-8-22)30(36)21-39-20-27-15-23-9-5-6-10-24(23)18-35(27)40(37,38)29-12-11-25(31)16-28(29)32/h2-12,16,26-27H,13-15,17-21H2,1H3. The molecule has 0 radical (unpaired) electrons. The fourth-order valence-electron chi connectivity index (χ4n) is 5.50. The van der Waals surface area contributed by atoms with Crippen LogP contribution in [0.3, 0.4) is 0 Å². The third-order valence-electron chi connectivity index (χ3n) is 7.76. The lowest BCUT2D eigenvalue weighted by molar-refractivity contribution is -0.137. The van der Waals surface area contributed by atoms with Crippen molar-refractivity contribution in [3.05, 3.63) is 99.5 Å². The van der Waals surface area contributed by atoms with Crippen LogP contribution in [-0.2, 0) is 39.1 Å². The molecule has 3 aromatic rings. The van der Waals surface area contributed by atoms with E-state index in [-0.39, 0.29) is 41.6 Å². The Morgan fingerprint density at radius 2 is 1.75 bits per heavy atom. The highest BCUT2D eigenvalue weighted by molar-refractivity contribution is 7.89. The second-order valence-electron chi connectivity index (χ2n) is 10.4. The third-order valence-corrected chi connectivity index (χ3v) is 10.4. The van der Waals surface area contributed by atoms with Gasteiger partial charge in [0.25, 0.3) is 0 Å². The van der Waals surface area contributed by atoms with E-state index < -0.39 is 16.1 Å². The minimum Gasteiger partial charge on any atom is -0.370 e. The van der Waals surface area contributed by atoms with E-state index in [1.807, 2.05) is 49.5 Å². The minimum absolute atomic E-state index is 0.0000443. The van der Waals surface area contributed by atoms with Crippen molar-refractivity contribution < 1.29 is 17.9 Å². The molecule has 10 heteroatoms. The number of likely N-dealkylation sites (tertiary alicyclic amines) is 1. The maximum Gasteiger partial charge on any atom is 0.248 e. The number of ether oxygens (including phenoxy) is 1. The molecule has 1 amide bonds. The van der Waals surface area contributed by atoms with E-state index in [1.165, 1.54) is 28.1 Å². The highest BCUT2D eigenvalue weighted by Gasteiger charge is 2.37. The van der Waals surface area contributed by atoms with E-state index in [1.54, 1.807) is 4.90 Å². The van der Waals surface area contributed by atoms with Gasteiger partial charge in [0.15, 0.2) is 0 Å². The highest BCUT2D eigenvalue weighted by atomic mass is 35.5. The van der Waals surface area contributed by atoms with Gasteiger partial charge in [0.05, 0.1) is 17.7 Å². The summed E-state index contributed by atoms with van der Waals surface area (Å²) in [6.07, 6.45) is 1.38. The average molecular weight is 603 g/mol. The Morgan fingerprint density at radius 3 is 2.50 bits per heavy atom. The monoisotopic (exact) mass is 601 g/mol. The van der Waals surface area contributed by atoms with Crippen molar-refractivity contribution in [2.24, 2.45) is 0 Å². The first-order valence-electron chi connectivity index (χ1n) is 13.4. The highest BCUT2D eigenvalue weighted by Crippen LogP contribution is 2.33. The molecule has 1 saturated heterocycles. The second kappa shape index (κ2) is 12.6. The van der Waals surface area contributed by atoms with Crippen LogP contribution in [-0.4, -0.2) is 73.9 Å². The van der Waals surface area contributed by atoms with Crippen LogP contribution < -0.4 is 0 Å². The van der Waals surface area contributed by atoms with Crippen LogP contribution in [0.2, 0.25) is 10.0 Å². The van der Waals surface area contributed by atoms with Gasteiger partial charge < -0.3 is 9.64 Å². The van der Waals surface area contributed by atoms with Crippen molar-refractivity contribution in [3.63, 3.8) is 0 Å². The first-order valence-corrected chi connectivity index (χ1v) is 15.6. The van der Waals surface area contributed by atoms with E-state index in [0.717, 1.165) is 37.2 Å². The van der Waals surface area contributed by atoms with E-state index in [9.17, 15) is 13.2 Å². The summed E-state index contributed by atoms with van der Waals surface area (Å²) in [7, 11) is -2.13. The number of carbonyl (C=O) groups excluding carboxylic acids is 1. The van der Waals surface area contributed by atoms with Crippen LogP contribution in [0.1, 0.15) is 23.1 Å². The molecule has 7 nitrogen and oxygen atoms in total. The van der Waals surface area contributed by atoms with E-state index in [2.05, 4.69) is 17.0 Å². The molecule has 0 bridgehead atoms. The van der Waals surface area contributed by atoms with Gasteiger partial charge >= 0.3 is 0 Å². The number of hydrogen-bond donors (Lipinski definition) is 0. The van der Waals surface area contributed by atoms with Gasteiger partial charge in [0, 0.05) is 44.3 Å². The molecular weight excluding hydrogens is 569 g/mol. The quantitative estimate of drug-likeness (QED) is 0.350. The number of fused-ring (bicyclic) bond motifs is 1. The summed E-state index contributed by atoms with van der Waals surface area (Å²) >= 11 is 12.3. The van der Waals surface area contributed by atoms with Crippen LogP contribution in [0, 0.1) is 0 Å². The Kier molecular flexibility index (Phi) is 9.14. The first-order chi connectivity index (χ1) is 19.2. The van der Waals surface area contributed by atoms with Gasteiger partial charge in [0.1, 0.15) is 11.5 Å². The van der Waals surface area contributed by atoms with Gasteiger partial charge in [-0.05, 0) is 47.7 Å². The molecule has 0 N–H and O–H groups in total. The zero-order valence-corrected chi connectivity index (χ0v) is 24.7. The zero-order valence-electron chi connectivity index (χ0n) is 22.4. The molecule has 2 unspecified atom stereocenters. The summed E-state index contributed by atoms with van der Waals surface area (Å²) < 4.78 is 34.8. The van der Waals surface area contributed by atoms with Gasteiger partial charge in [0.2, 0.25) is 15.9 Å². The number of benzene rings is 3. The fourth-order valence-corrected chi connectivity index (χ4v) is 7.83. The molecule has 0 spiro atoms. The van der Waals surface area contributed by atoms with Gasteiger partial charge in [-0.25, -0.2) is 8.42 Å². The lowest BCUT2D eigenvalue weighted by Crippen LogP contribution is -2.47. The molecule has 3 aromatic carbocycles. The Hall–Kier alpha value is -2.46. The molecule has 0 aliphatic carbocycles. The maximum atomic E-state index is 13.7. The molecule has 5 rings (SSSR count). The number of hydrogen-bond acceptors (Lipinski definition) is 5. The Labute approximate surface area is 246 Å². The van der Waals surface area contributed by atoms with Gasteiger partial charge in [-0.2, -0.15) is 4.31 Å². The summed E-state index contributed by atoms with van der Waals surface area (Å²) in [5.74, 6) is -0.113. The summed E-state index contributed by atoms with van der Waals surface area (Å²) in [4.78, 5) is 17.2. The predicted molar refractivity (Wildman–Crippen MR) is 157 cm³/mol. The van der Waals surface area contributed by atoms with Gasteiger partial charge in [-0.15, -0.1) is 0 Å². The molecule has 2 aliphatic heterocycles. The Bertz CT molecular complexity index is 1450. The lowest BCUT2D eigenvalue weighted by atomic mass is 9.96. The van der Waals surface area contributed by atoms with Crippen LogP contribution in [0.5, 0.6) is 0 Å². The summed E-state index contributed by atoms with van der Waals surface area (Å²) in [6.45, 7) is 2.77. The summed E-state index contributed by atoms with van der Waals surface area (Å²) in [5.41, 5.74) is 3.26. The molecule has 212 valence electrons. The number of amides is 1. The normalized spacial score (nSPS) is 19.9.